The summed E-state index contributed by atoms with van der Waals surface area (Å²) in [5.41, 5.74) is 0.507. The monoisotopic (exact) mass is 334 g/mol. The number of aromatic nitrogens is 2. The van der Waals surface area contributed by atoms with E-state index in [1.165, 1.54) is 37.9 Å². The van der Waals surface area contributed by atoms with Gasteiger partial charge in [0.15, 0.2) is 0 Å². The highest BCUT2D eigenvalue weighted by atomic mass is 16.5. The Hall–Kier alpha value is -0.910. The largest absolute Gasteiger partial charge is 0.374 e. The lowest BCUT2D eigenvalue weighted by atomic mass is 9.75. The quantitative estimate of drug-likeness (QED) is 0.869. The summed E-state index contributed by atoms with van der Waals surface area (Å²) >= 11 is 0. The van der Waals surface area contributed by atoms with Crippen molar-refractivity contribution >= 4 is 0 Å². The topological polar surface area (TPSA) is 42.3 Å². The number of ether oxygens (including phenoxy) is 1. The van der Waals surface area contributed by atoms with Gasteiger partial charge >= 0.3 is 0 Å². The first kappa shape index (κ1) is 17.9. The highest BCUT2D eigenvalue weighted by molar-refractivity contribution is 5.01. The van der Waals surface area contributed by atoms with Gasteiger partial charge in [-0.25, -0.2) is 4.98 Å². The summed E-state index contributed by atoms with van der Waals surface area (Å²) in [7, 11) is 4.17. The fourth-order valence-corrected chi connectivity index (χ4v) is 4.47. The second-order valence-corrected chi connectivity index (χ2v) is 8.64. The Kier molecular flexibility index (Phi) is 5.33. The van der Waals surface area contributed by atoms with Crippen LogP contribution < -0.4 is 5.32 Å². The molecule has 3 rings (SSSR count). The third-order valence-corrected chi connectivity index (χ3v) is 5.73. The van der Waals surface area contributed by atoms with Crippen LogP contribution in [-0.2, 0) is 11.3 Å². The van der Waals surface area contributed by atoms with E-state index in [0.717, 1.165) is 26.2 Å². The van der Waals surface area contributed by atoms with E-state index in [4.69, 9.17) is 4.74 Å². The van der Waals surface area contributed by atoms with E-state index in [-0.39, 0.29) is 5.60 Å². The first-order valence-electron chi connectivity index (χ1n) is 9.42. The molecule has 1 aromatic rings. The van der Waals surface area contributed by atoms with Crippen LogP contribution in [-0.4, -0.2) is 53.8 Å². The number of hydrogen-bond donors (Lipinski definition) is 1. The summed E-state index contributed by atoms with van der Waals surface area (Å²) in [5.74, 6) is 1.20. The van der Waals surface area contributed by atoms with Gasteiger partial charge in [-0.1, -0.05) is 13.8 Å². The zero-order chi connectivity index (χ0) is 17.2. The molecule has 1 aliphatic carbocycles. The van der Waals surface area contributed by atoms with Crippen molar-refractivity contribution in [2.75, 3.05) is 33.8 Å². The van der Waals surface area contributed by atoms with Gasteiger partial charge in [0.1, 0.15) is 5.82 Å². The number of nitrogens with zero attached hydrogens (tertiary/aromatic N) is 3. The van der Waals surface area contributed by atoms with E-state index in [1.54, 1.807) is 0 Å². The van der Waals surface area contributed by atoms with Crippen LogP contribution in [0.4, 0.5) is 0 Å². The highest BCUT2D eigenvalue weighted by Gasteiger charge is 2.46. The minimum Gasteiger partial charge on any atom is -0.374 e. The van der Waals surface area contributed by atoms with Crippen LogP contribution in [0.3, 0.4) is 0 Å². The van der Waals surface area contributed by atoms with Gasteiger partial charge in [0.05, 0.1) is 18.8 Å². The lowest BCUT2D eigenvalue weighted by molar-refractivity contribution is -0.0345. The van der Waals surface area contributed by atoms with Crippen LogP contribution in [0.25, 0.3) is 0 Å². The Morgan fingerprint density at radius 2 is 2.12 bits per heavy atom. The van der Waals surface area contributed by atoms with Crippen LogP contribution in [0.2, 0.25) is 0 Å². The van der Waals surface area contributed by atoms with Gasteiger partial charge in [0, 0.05) is 31.5 Å². The van der Waals surface area contributed by atoms with E-state index < -0.39 is 0 Å². The molecule has 1 saturated heterocycles. The van der Waals surface area contributed by atoms with Crippen molar-refractivity contribution in [3.05, 3.63) is 18.2 Å². The van der Waals surface area contributed by atoms with Gasteiger partial charge in [-0.15, -0.1) is 0 Å². The van der Waals surface area contributed by atoms with Crippen LogP contribution in [0.1, 0.15) is 57.8 Å². The molecule has 1 saturated carbocycles. The van der Waals surface area contributed by atoms with Crippen molar-refractivity contribution in [1.82, 2.24) is 19.8 Å². The molecule has 24 heavy (non-hydrogen) atoms. The zero-order valence-electron chi connectivity index (χ0n) is 15.8. The lowest BCUT2D eigenvalue weighted by Gasteiger charge is -2.38. The molecule has 2 aliphatic rings. The van der Waals surface area contributed by atoms with Crippen molar-refractivity contribution in [3.63, 3.8) is 0 Å². The van der Waals surface area contributed by atoms with Crippen molar-refractivity contribution < 1.29 is 4.74 Å². The molecule has 1 aromatic heterocycles. The maximum atomic E-state index is 6.26. The Bertz CT molecular complexity index is 531. The molecule has 2 fully saturated rings. The Labute approximate surface area is 146 Å². The average molecular weight is 335 g/mol. The number of imidazole rings is 1. The van der Waals surface area contributed by atoms with Crippen LogP contribution in [0, 0.1) is 5.41 Å². The van der Waals surface area contributed by atoms with Crippen molar-refractivity contribution in [1.29, 1.82) is 0 Å². The summed E-state index contributed by atoms with van der Waals surface area (Å²) in [6, 6.07) is 0.582. The first-order chi connectivity index (χ1) is 11.4. The lowest BCUT2D eigenvalue weighted by Crippen LogP contribution is -2.35. The molecule has 2 heterocycles. The second kappa shape index (κ2) is 7.14. The number of likely N-dealkylation sites (N-methyl/N-ethyl adjacent to an activating group) is 2. The molecule has 1 spiro atoms. The Balaban J connectivity index is 1.58. The van der Waals surface area contributed by atoms with E-state index >= 15 is 0 Å². The SMILES string of the molecule is CNCCN(C)Cc1nccn1[C@H]1CC[C@@]2(CC1)CC(C)(C)CO2. The van der Waals surface area contributed by atoms with Crippen LogP contribution >= 0.6 is 0 Å². The van der Waals surface area contributed by atoms with Gasteiger partial charge in [0.2, 0.25) is 0 Å². The van der Waals surface area contributed by atoms with Gasteiger partial charge in [-0.05, 0) is 51.6 Å². The summed E-state index contributed by atoms with van der Waals surface area (Å²) in [5, 5.41) is 3.21. The number of hydrogen-bond acceptors (Lipinski definition) is 4. The van der Waals surface area contributed by atoms with E-state index in [2.05, 4.69) is 46.9 Å². The highest BCUT2D eigenvalue weighted by Crippen LogP contribution is 2.48. The first-order valence-corrected chi connectivity index (χ1v) is 9.42. The molecule has 0 aromatic carbocycles. The minimum atomic E-state index is 0.157. The van der Waals surface area contributed by atoms with Gasteiger partial charge < -0.3 is 14.6 Å². The number of nitrogens with one attached hydrogen (secondary N) is 1. The molecule has 136 valence electrons. The third kappa shape index (κ3) is 4.01. The molecule has 1 aliphatic heterocycles. The fourth-order valence-electron chi connectivity index (χ4n) is 4.47. The zero-order valence-corrected chi connectivity index (χ0v) is 15.8. The smallest absolute Gasteiger partial charge is 0.123 e. The molecular formula is C19H34N4O. The van der Waals surface area contributed by atoms with E-state index in [0.29, 0.717) is 11.5 Å². The van der Waals surface area contributed by atoms with Crippen molar-refractivity contribution in [3.8, 4) is 0 Å². The number of rotatable bonds is 6. The predicted molar refractivity (Wildman–Crippen MR) is 97.1 cm³/mol. The normalized spacial score (nSPS) is 29.6. The fraction of sp³-hybridized carbons (Fsp3) is 0.842. The second-order valence-electron chi connectivity index (χ2n) is 8.64. The Morgan fingerprint density at radius 3 is 2.75 bits per heavy atom. The molecule has 0 atom stereocenters. The molecule has 5 nitrogen and oxygen atoms in total. The summed E-state index contributed by atoms with van der Waals surface area (Å²) in [4.78, 5) is 6.96. The third-order valence-electron chi connectivity index (χ3n) is 5.73. The van der Waals surface area contributed by atoms with Crippen molar-refractivity contribution in [2.45, 2.75) is 64.1 Å². The molecule has 1 N–H and O–H groups in total. The summed E-state index contributed by atoms with van der Waals surface area (Å²) in [6.45, 7) is 8.56. The molecule has 0 radical (unpaired) electrons. The van der Waals surface area contributed by atoms with Crippen molar-refractivity contribution in [2.24, 2.45) is 5.41 Å². The maximum absolute atomic E-state index is 6.26. The van der Waals surface area contributed by atoms with E-state index in [9.17, 15) is 0 Å². The molecule has 5 heteroatoms. The van der Waals surface area contributed by atoms with Crippen LogP contribution in [0.5, 0.6) is 0 Å². The van der Waals surface area contributed by atoms with Gasteiger partial charge in [-0.2, -0.15) is 0 Å². The van der Waals surface area contributed by atoms with Gasteiger partial charge in [-0.3, -0.25) is 4.90 Å². The molecular weight excluding hydrogens is 300 g/mol. The molecule has 0 unspecified atom stereocenters. The molecule has 0 bridgehead atoms. The maximum Gasteiger partial charge on any atom is 0.123 e. The molecule has 0 amide bonds. The summed E-state index contributed by atoms with van der Waals surface area (Å²) in [6.07, 6.45) is 10.1. The predicted octanol–water partition coefficient (Wildman–Crippen LogP) is 2.83. The van der Waals surface area contributed by atoms with E-state index in [1.807, 2.05) is 13.2 Å². The average Bonchev–Trinajstić information content (AvgIpc) is 3.11. The van der Waals surface area contributed by atoms with Gasteiger partial charge in [0.25, 0.3) is 0 Å². The summed E-state index contributed by atoms with van der Waals surface area (Å²) < 4.78 is 8.68. The standard InChI is InChI=1S/C19H34N4O/c1-18(2)14-19(24-15-18)7-5-16(6-8-19)23-12-10-21-17(23)13-22(4)11-9-20-3/h10,12,16,20H,5-9,11,13-15H2,1-4H3/t16-,19+. The minimum absolute atomic E-state index is 0.157. The van der Waals surface area contributed by atoms with Crippen LogP contribution in [0.15, 0.2) is 12.4 Å². The Morgan fingerprint density at radius 1 is 1.38 bits per heavy atom.